The van der Waals surface area contributed by atoms with Crippen LogP contribution in [-0.4, -0.2) is 38.2 Å². The van der Waals surface area contributed by atoms with Gasteiger partial charge in [0, 0.05) is 11.8 Å². The van der Waals surface area contributed by atoms with E-state index in [1.165, 1.54) is 24.0 Å². The maximum Gasteiger partial charge on any atom is 0.264 e. The van der Waals surface area contributed by atoms with Gasteiger partial charge in [0.05, 0.1) is 18.6 Å². The molecule has 0 spiro atoms. The number of fused-ring (bicyclic) bond motifs is 5. The molecule has 29 heavy (non-hydrogen) atoms. The topological polar surface area (TPSA) is 85.2 Å². The molecule has 6 nitrogen and oxygen atoms in total. The number of oxime groups is 1. The molecule has 1 aromatic carbocycles. The fourth-order valence-electron chi connectivity index (χ4n) is 6.05. The number of rotatable bonds is 6. The average Bonchev–Trinajstić information content (AvgIpc) is 3.02. The van der Waals surface area contributed by atoms with Crippen LogP contribution in [0, 0.1) is 17.3 Å². The van der Waals surface area contributed by atoms with Crippen molar-refractivity contribution in [2.75, 3.05) is 19.5 Å². The van der Waals surface area contributed by atoms with Crippen molar-refractivity contribution < 1.29 is 22.5 Å². The van der Waals surface area contributed by atoms with Gasteiger partial charge in [0.25, 0.3) is 10.1 Å². The SMILES string of the molecule is COc1ccc2c(c1)CC[C@@H]1[C@@H]2CC[C@]2(C)/C(=N\OCCCS(=O)(=O)O)CC[C@@H]12. The molecule has 0 aromatic heterocycles. The van der Waals surface area contributed by atoms with Gasteiger partial charge in [-0.1, -0.05) is 18.1 Å². The van der Waals surface area contributed by atoms with Crippen LogP contribution in [0.5, 0.6) is 5.75 Å². The Hall–Kier alpha value is -1.60. The summed E-state index contributed by atoms with van der Waals surface area (Å²) in [5, 5.41) is 4.43. The summed E-state index contributed by atoms with van der Waals surface area (Å²) >= 11 is 0. The molecule has 160 valence electrons. The molecule has 3 aliphatic rings. The van der Waals surface area contributed by atoms with Gasteiger partial charge in [-0.2, -0.15) is 8.42 Å². The Kier molecular flexibility index (Phi) is 5.64. The molecular formula is C22H31NO5S. The van der Waals surface area contributed by atoms with Crippen molar-refractivity contribution in [1.29, 1.82) is 0 Å². The maximum atomic E-state index is 10.8. The van der Waals surface area contributed by atoms with Crippen LogP contribution in [0.3, 0.4) is 0 Å². The number of hydrogen-bond donors (Lipinski definition) is 1. The normalized spacial score (nSPS) is 32.4. The Morgan fingerprint density at radius 2 is 2.07 bits per heavy atom. The van der Waals surface area contributed by atoms with Crippen LogP contribution in [0.25, 0.3) is 0 Å². The maximum absolute atomic E-state index is 10.8. The number of benzene rings is 1. The number of methoxy groups -OCH3 is 1. The molecule has 2 fully saturated rings. The lowest BCUT2D eigenvalue weighted by Gasteiger charge is -2.49. The van der Waals surface area contributed by atoms with Crippen LogP contribution in [0.1, 0.15) is 62.5 Å². The van der Waals surface area contributed by atoms with E-state index in [0.717, 1.165) is 37.1 Å². The highest BCUT2D eigenvalue weighted by atomic mass is 32.2. The van der Waals surface area contributed by atoms with Gasteiger partial charge in [-0.25, -0.2) is 0 Å². The van der Waals surface area contributed by atoms with E-state index in [1.54, 1.807) is 7.11 Å². The molecule has 4 rings (SSSR count). The molecular weight excluding hydrogens is 390 g/mol. The van der Waals surface area contributed by atoms with Crippen LogP contribution in [0.4, 0.5) is 0 Å². The van der Waals surface area contributed by atoms with Crippen molar-refractivity contribution in [2.45, 2.75) is 57.8 Å². The van der Waals surface area contributed by atoms with Gasteiger partial charge in [0.1, 0.15) is 12.4 Å². The molecule has 0 heterocycles. The van der Waals surface area contributed by atoms with Crippen LogP contribution >= 0.6 is 0 Å². The van der Waals surface area contributed by atoms with Gasteiger partial charge in [-0.15, -0.1) is 0 Å². The molecule has 0 radical (unpaired) electrons. The van der Waals surface area contributed by atoms with Crippen LogP contribution in [0.15, 0.2) is 23.4 Å². The Bertz CT molecular complexity index is 896. The number of aryl methyl sites for hydroxylation is 1. The second-order valence-corrected chi connectivity index (χ2v) is 10.6. The van der Waals surface area contributed by atoms with Crippen LogP contribution in [-0.2, 0) is 21.4 Å². The molecule has 2 saturated carbocycles. The standard InChI is InChI=1S/C22H31NO5S/c1-22-11-10-18-17-7-5-16(27-2)14-15(17)4-6-19(18)20(22)8-9-21(22)23-28-12-3-13-29(24,25)26/h5,7,14,18-20H,3-4,6,8-13H2,1-2H3,(H,24,25,26)/b23-21-/t18-,19-,20+,22+/m1/s1. The quantitative estimate of drug-likeness (QED) is 0.423. The lowest BCUT2D eigenvalue weighted by atomic mass is 9.55. The molecule has 1 N–H and O–H groups in total. The molecule has 7 heteroatoms. The zero-order valence-electron chi connectivity index (χ0n) is 17.3. The Morgan fingerprint density at radius 3 is 2.83 bits per heavy atom. The highest BCUT2D eigenvalue weighted by Crippen LogP contribution is 2.60. The second kappa shape index (κ2) is 7.91. The van der Waals surface area contributed by atoms with Gasteiger partial charge in [-0.3, -0.25) is 4.55 Å². The third-order valence-corrected chi connectivity index (χ3v) is 8.29. The zero-order valence-corrected chi connectivity index (χ0v) is 18.1. The summed E-state index contributed by atoms with van der Waals surface area (Å²) in [6.45, 7) is 2.55. The van der Waals surface area contributed by atoms with Gasteiger partial charge in [0.2, 0.25) is 0 Å². The highest BCUT2D eigenvalue weighted by Gasteiger charge is 2.53. The van der Waals surface area contributed by atoms with Crippen molar-refractivity contribution in [1.82, 2.24) is 0 Å². The first-order chi connectivity index (χ1) is 13.8. The first-order valence-electron chi connectivity index (χ1n) is 10.6. The molecule has 0 aliphatic heterocycles. The molecule has 0 saturated heterocycles. The van der Waals surface area contributed by atoms with Crippen LogP contribution in [0.2, 0.25) is 0 Å². The van der Waals surface area contributed by atoms with Gasteiger partial charge < -0.3 is 9.57 Å². The molecule has 1 aromatic rings. The van der Waals surface area contributed by atoms with E-state index < -0.39 is 10.1 Å². The summed E-state index contributed by atoms with van der Waals surface area (Å²) in [5.74, 6) is 2.59. The second-order valence-electron chi connectivity index (χ2n) is 8.99. The highest BCUT2D eigenvalue weighted by molar-refractivity contribution is 7.85. The Balaban J connectivity index is 1.45. The van der Waals surface area contributed by atoms with Crippen molar-refractivity contribution in [2.24, 2.45) is 22.4 Å². The average molecular weight is 422 g/mol. The van der Waals surface area contributed by atoms with Crippen molar-refractivity contribution in [3.63, 3.8) is 0 Å². The Labute approximate surface area is 173 Å². The third kappa shape index (κ3) is 4.04. The smallest absolute Gasteiger partial charge is 0.264 e. The summed E-state index contributed by atoms with van der Waals surface area (Å²) in [5.41, 5.74) is 4.17. The fourth-order valence-corrected chi connectivity index (χ4v) is 6.54. The van der Waals surface area contributed by atoms with E-state index in [1.807, 2.05) is 0 Å². The largest absolute Gasteiger partial charge is 0.497 e. The first-order valence-corrected chi connectivity index (χ1v) is 12.2. The molecule has 4 atom stereocenters. The minimum absolute atomic E-state index is 0.0776. The Morgan fingerprint density at radius 1 is 1.24 bits per heavy atom. The number of ether oxygens (including phenoxy) is 1. The first kappa shape index (κ1) is 20.7. The van der Waals surface area contributed by atoms with E-state index >= 15 is 0 Å². The predicted molar refractivity (Wildman–Crippen MR) is 112 cm³/mol. The van der Waals surface area contributed by atoms with E-state index in [4.69, 9.17) is 14.1 Å². The number of nitrogens with zero attached hydrogens (tertiary/aromatic N) is 1. The van der Waals surface area contributed by atoms with Crippen molar-refractivity contribution in [3.05, 3.63) is 29.3 Å². The summed E-state index contributed by atoms with van der Waals surface area (Å²) in [6, 6.07) is 6.58. The summed E-state index contributed by atoms with van der Waals surface area (Å²) in [7, 11) is -2.21. The van der Waals surface area contributed by atoms with Crippen molar-refractivity contribution >= 4 is 15.8 Å². The van der Waals surface area contributed by atoms with E-state index in [9.17, 15) is 8.42 Å². The van der Waals surface area contributed by atoms with E-state index in [2.05, 4.69) is 30.3 Å². The van der Waals surface area contributed by atoms with E-state index in [0.29, 0.717) is 17.8 Å². The number of hydrogen-bond acceptors (Lipinski definition) is 5. The summed E-state index contributed by atoms with van der Waals surface area (Å²) in [6.07, 6.45) is 6.96. The van der Waals surface area contributed by atoms with E-state index in [-0.39, 0.29) is 24.2 Å². The van der Waals surface area contributed by atoms with Gasteiger partial charge in [0.15, 0.2) is 0 Å². The lowest BCUT2D eigenvalue weighted by molar-refractivity contribution is 0.0890. The van der Waals surface area contributed by atoms with Crippen molar-refractivity contribution in [3.8, 4) is 5.75 Å². The third-order valence-electron chi connectivity index (χ3n) is 7.49. The molecule has 3 aliphatic carbocycles. The lowest BCUT2D eigenvalue weighted by Crippen LogP contribution is -2.42. The zero-order chi connectivity index (χ0) is 20.6. The van der Waals surface area contributed by atoms with Gasteiger partial charge in [-0.05, 0) is 79.5 Å². The predicted octanol–water partition coefficient (Wildman–Crippen LogP) is 4.20. The minimum atomic E-state index is -3.93. The fraction of sp³-hybridized carbons (Fsp3) is 0.682. The monoisotopic (exact) mass is 421 g/mol. The van der Waals surface area contributed by atoms with Crippen LogP contribution < -0.4 is 4.74 Å². The van der Waals surface area contributed by atoms with Gasteiger partial charge >= 0.3 is 0 Å². The molecule has 0 amide bonds. The summed E-state index contributed by atoms with van der Waals surface area (Å²) in [4.78, 5) is 5.44. The molecule has 0 unspecified atom stereocenters. The minimum Gasteiger partial charge on any atom is -0.497 e. The summed E-state index contributed by atoms with van der Waals surface area (Å²) < 4.78 is 35.8. The molecule has 0 bridgehead atoms.